The van der Waals surface area contributed by atoms with E-state index < -0.39 is 18.2 Å². The van der Waals surface area contributed by atoms with Gasteiger partial charge in [0.15, 0.2) is 0 Å². The fraction of sp³-hybridized carbons (Fsp3) is 0.357. The van der Waals surface area contributed by atoms with Crippen LogP contribution in [-0.2, 0) is 16.1 Å². The van der Waals surface area contributed by atoms with E-state index in [4.69, 9.17) is 4.74 Å². The molecule has 1 atom stereocenters. The third kappa shape index (κ3) is 4.79. The van der Waals surface area contributed by atoms with Gasteiger partial charge in [0, 0.05) is 6.54 Å². The largest absolute Gasteiger partial charge is 0.445 e. The molecule has 0 radical (unpaired) electrons. The van der Waals surface area contributed by atoms with Crippen molar-refractivity contribution in [3.05, 3.63) is 35.9 Å². The van der Waals surface area contributed by atoms with E-state index in [0.717, 1.165) is 5.56 Å². The van der Waals surface area contributed by atoms with Crippen LogP contribution >= 0.6 is 0 Å². The van der Waals surface area contributed by atoms with Crippen LogP contribution < -0.4 is 16.0 Å². The smallest absolute Gasteiger partial charge is 0.407 e. The maximum Gasteiger partial charge on any atom is 0.407 e. The summed E-state index contributed by atoms with van der Waals surface area (Å²) in [7, 11) is 0. The molecule has 1 heterocycles. The number of rotatable bonds is 6. The highest BCUT2D eigenvalue weighted by Crippen LogP contribution is 2.02. The van der Waals surface area contributed by atoms with E-state index in [0.29, 0.717) is 19.4 Å². The summed E-state index contributed by atoms with van der Waals surface area (Å²) in [5.74, 6) is -0.327. The highest BCUT2D eigenvalue weighted by atomic mass is 16.5. The predicted octanol–water partition coefficient (Wildman–Crippen LogP) is 0.901. The quantitative estimate of drug-likeness (QED) is 0.536. The molecule has 7 nitrogen and oxygen atoms in total. The van der Waals surface area contributed by atoms with E-state index in [1.165, 1.54) is 0 Å². The molecular weight excluding hydrogens is 274 g/mol. The van der Waals surface area contributed by atoms with Gasteiger partial charge in [-0.05, 0) is 18.4 Å². The van der Waals surface area contributed by atoms with E-state index in [9.17, 15) is 14.4 Å². The van der Waals surface area contributed by atoms with Crippen LogP contribution in [0.2, 0.25) is 0 Å². The van der Waals surface area contributed by atoms with Crippen LogP contribution in [0.3, 0.4) is 0 Å². The zero-order valence-electron chi connectivity index (χ0n) is 11.4. The molecule has 1 fully saturated rings. The second kappa shape index (κ2) is 7.28. The number of carbonyl (C=O) groups is 3. The van der Waals surface area contributed by atoms with Crippen LogP contribution in [-0.4, -0.2) is 30.6 Å². The number of urea groups is 1. The normalized spacial score (nSPS) is 17.0. The third-order valence-corrected chi connectivity index (χ3v) is 3.01. The second-order valence-electron chi connectivity index (χ2n) is 4.65. The Morgan fingerprint density at radius 2 is 2.00 bits per heavy atom. The monoisotopic (exact) mass is 291 g/mol. The van der Waals surface area contributed by atoms with Crippen LogP contribution in [0.25, 0.3) is 0 Å². The van der Waals surface area contributed by atoms with Crippen LogP contribution in [0.1, 0.15) is 18.4 Å². The molecule has 1 aliphatic rings. The zero-order chi connectivity index (χ0) is 15.1. The first-order chi connectivity index (χ1) is 10.1. The van der Waals surface area contributed by atoms with Crippen molar-refractivity contribution < 1.29 is 19.1 Å². The lowest BCUT2D eigenvalue weighted by Crippen LogP contribution is -2.31. The van der Waals surface area contributed by atoms with E-state index in [-0.39, 0.29) is 12.5 Å². The molecule has 7 heteroatoms. The molecule has 0 bridgehead atoms. The van der Waals surface area contributed by atoms with Gasteiger partial charge in [-0.1, -0.05) is 30.3 Å². The maximum absolute atomic E-state index is 11.4. The number of benzene rings is 1. The van der Waals surface area contributed by atoms with E-state index >= 15 is 0 Å². The number of nitrogens with one attached hydrogen (secondary N) is 3. The lowest BCUT2D eigenvalue weighted by Gasteiger charge is -2.09. The maximum atomic E-state index is 11.4. The number of carbonyl (C=O) groups excluding carboxylic acids is 3. The van der Waals surface area contributed by atoms with Gasteiger partial charge in [-0.3, -0.25) is 10.1 Å². The summed E-state index contributed by atoms with van der Waals surface area (Å²) in [6.07, 6.45) is 0.536. The summed E-state index contributed by atoms with van der Waals surface area (Å²) in [4.78, 5) is 33.6. The molecule has 1 aromatic rings. The summed E-state index contributed by atoms with van der Waals surface area (Å²) in [5.41, 5.74) is 0.915. The number of hydrogen-bond donors (Lipinski definition) is 3. The Morgan fingerprint density at radius 1 is 1.24 bits per heavy atom. The van der Waals surface area contributed by atoms with Crippen LogP contribution in [0.15, 0.2) is 30.3 Å². The second-order valence-corrected chi connectivity index (χ2v) is 4.65. The average Bonchev–Trinajstić information content (AvgIpc) is 2.80. The van der Waals surface area contributed by atoms with Gasteiger partial charge in [0.05, 0.1) is 0 Å². The molecule has 21 heavy (non-hydrogen) atoms. The molecule has 1 aromatic carbocycles. The lowest BCUT2D eigenvalue weighted by molar-refractivity contribution is -0.120. The van der Waals surface area contributed by atoms with E-state index in [2.05, 4.69) is 16.0 Å². The molecule has 0 saturated carbocycles. The lowest BCUT2D eigenvalue weighted by atomic mass is 10.1. The van der Waals surface area contributed by atoms with Crippen LogP contribution in [0, 0.1) is 0 Å². The molecule has 112 valence electrons. The summed E-state index contributed by atoms with van der Waals surface area (Å²) in [5, 5.41) is 7.25. The predicted molar refractivity (Wildman–Crippen MR) is 74.3 cm³/mol. The topological polar surface area (TPSA) is 96.5 Å². The number of amides is 4. The average molecular weight is 291 g/mol. The van der Waals surface area contributed by atoms with Gasteiger partial charge in [-0.15, -0.1) is 0 Å². The summed E-state index contributed by atoms with van der Waals surface area (Å²) in [6.45, 7) is 0.598. The molecule has 1 unspecified atom stereocenters. The molecule has 3 N–H and O–H groups in total. The fourth-order valence-corrected chi connectivity index (χ4v) is 1.93. The highest BCUT2D eigenvalue weighted by molar-refractivity contribution is 6.04. The molecule has 0 aliphatic carbocycles. The van der Waals surface area contributed by atoms with Crippen molar-refractivity contribution in [3.63, 3.8) is 0 Å². The number of imide groups is 1. The van der Waals surface area contributed by atoms with Crippen molar-refractivity contribution in [2.75, 3.05) is 6.54 Å². The molecule has 1 aliphatic heterocycles. The Bertz CT molecular complexity index is 518. The van der Waals surface area contributed by atoms with Gasteiger partial charge in [-0.25, -0.2) is 9.59 Å². The van der Waals surface area contributed by atoms with Crippen LogP contribution in [0.4, 0.5) is 9.59 Å². The molecule has 0 aromatic heterocycles. The van der Waals surface area contributed by atoms with Gasteiger partial charge in [0.25, 0.3) is 5.91 Å². The summed E-state index contributed by atoms with van der Waals surface area (Å²) in [6, 6.07) is 8.39. The Labute approximate surface area is 122 Å². The standard InChI is InChI=1S/C14H17N3O4/c18-12-11(16-13(19)17-12)7-4-8-15-14(20)21-9-10-5-2-1-3-6-10/h1-3,5-6,11H,4,7-9H2,(H,15,20)(H2,16,17,18,19). The number of ether oxygens (including phenoxy) is 1. The minimum Gasteiger partial charge on any atom is -0.445 e. The van der Waals surface area contributed by atoms with E-state index in [1.807, 2.05) is 30.3 Å². The first-order valence-electron chi connectivity index (χ1n) is 6.71. The van der Waals surface area contributed by atoms with Gasteiger partial charge < -0.3 is 15.4 Å². The van der Waals surface area contributed by atoms with Crippen molar-refractivity contribution in [2.45, 2.75) is 25.5 Å². The molecular formula is C14H17N3O4. The molecule has 0 spiro atoms. The van der Waals surface area contributed by atoms with Crippen molar-refractivity contribution in [2.24, 2.45) is 0 Å². The summed E-state index contributed by atoms with van der Waals surface area (Å²) >= 11 is 0. The summed E-state index contributed by atoms with van der Waals surface area (Å²) < 4.78 is 5.04. The molecule has 1 saturated heterocycles. The Morgan fingerprint density at radius 3 is 2.67 bits per heavy atom. The van der Waals surface area contributed by atoms with Crippen molar-refractivity contribution >= 4 is 18.0 Å². The highest BCUT2D eigenvalue weighted by Gasteiger charge is 2.28. The van der Waals surface area contributed by atoms with Crippen molar-refractivity contribution in [3.8, 4) is 0 Å². The first-order valence-corrected chi connectivity index (χ1v) is 6.71. The van der Waals surface area contributed by atoms with Crippen molar-refractivity contribution in [1.29, 1.82) is 0 Å². The van der Waals surface area contributed by atoms with Gasteiger partial charge >= 0.3 is 12.1 Å². The minimum atomic E-state index is -0.514. The van der Waals surface area contributed by atoms with Crippen LogP contribution in [0.5, 0.6) is 0 Å². The van der Waals surface area contributed by atoms with Gasteiger partial charge in [0.2, 0.25) is 0 Å². The minimum absolute atomic E-state index is 0.216. The zero-order valence-corrected chi connectivity index (χ0v) is 11.4. The van der Waals surface area contributed by atoms with Gasteiger partial charge in [0.1, 0.15) is 12.6 Å². The number of alkyl carbamates (subject to hydrolysis) is 1. The SMILES string of the molecule is O=C1NC(=O)C(CCCNC(=O)OCc2ccccc2)N1. The van der Waals surface area contributed by atoms with Crippen molar-refractivity contribution in [1.82, 2.24) is 16.0 Å². The van der Waals surface area contributed by atoms with Gasteiger partial charge in [-0.2, -0.15) is 0 Å². The Balaban J connectivity index is 1.57. The number of hydrogen-bond acceptors (Lipinski definition) is 4. The first kappa shape index (κ1) is 14.8. The Hall–Kier alpha value is -2.57. The molecule has 4 amide bonds. The van der Waals surface area contributed by atoms with E-state index in [1.54, 1.807) is 0 Å². The Kier molecular flexibility index (Phi) is 5.14. The fourth-order valence-electron chi connectivity index (χ4n) is 1.93. The third-order valence-electron chi connectivity index (χ3n) is 3.01. The molecule has 2 rings (SSSR count).